The number of carbonyl (C=O) groups excluding carboxylic acids is 5. The van der Waals surface area contributed by atoms with Gasteiger partial charge in [0.2, 0.25) is 17.7 Å². The summed E-state index contributed by atoms with van der Waals surface area (Å²) >= 11 is 0. The number of hydrogen-bond donors (Lipinski definition) is 2. The molecular weight excluding hydrogens is 692 g/mol. The maximum absolute atomic E-state index is 14.5. The first-order valence-electron chi connectivity index (χ1n) is 17.7. The largest absolute Gasteiger partial charge is 0.493 e. The predicted molar refractivity (Wildman–Crippen MR) is 190 cm³/mol. The van der Waals surface area contributed by atoms with Gasteiger partial charge in [-0.15, -0.1) is 0 Å². The number of likely N-dealkylation sites (N-methyl/N-ethyl adjacent to an activating group) is 1. The van der Waals surface area contributed by atoms with E-state index in [0.717, 1.165) is 22.6 Å². The molecule has 2 N–H and O–H groups in total. The third-order valence-electron chi connectivity index (χ3n) is 9.33. The molecule has 4 rings (SSSR count). The Morgan fingerprint density at radius 3 is 2.26 bits per heavy atom. The molecule has 2 aromatic rings. The molecule has 0 aliphatic carbocycles. The minimum atomic E-state index is -1.08. The van der Waals surface area contributed by atoms with Crippen LogP contribution in [0.4, 0.5) is 18.4 Å². The fraction of sp³-hybridized carbons (Fsp3) is 0.553. The zero-order valence-electron chi connectivity index (χ0n) is 31.6. The van der Waals surface area contributed by atoms with E-state index in [1.54, 1.807) is 42.7 Å². The molecule has 0 spiro atoms. The van der Waals surface area contributed by atoms with Gasteiger partial charge in [-0.05, 0) is 57.2 Å². The number of nitrogens with zero attached hydrogens (tertiary/aromatic N) is 3. The van der Waals surface area contributed by atoms with Crippen LogP contribution in [0, 0.1) is 23.0 Å². The number of likely N-dealkylation sites (tertiary alicyclic amines) is 2. The van der Waals surface area contributed by atoms with Crippen LogP contribution in [0.3, 0.4) is 0 Å². The van der Waals surface area contributed by atoms with Gasteiger partial charge >= 0.3 is 12.2 Å². The Balaban J connectivity index is 1.51. The van der Waals surface area contributed by atoms with E-state index in [9.17, 15) is 32.8 Å². The van der Waals surface area contributed by atoms with Crippen LogP contribution in [0.15, 0.2) is 48.5 Å². The normalized spacial score (nSPS) is 19.5. The van der Waals surface area contributed by atoms with E-state index in [1.807, 2.05) is 39.0 Å². The van der Waals surface area contributed by atoms with Crippen molar-refractivity contribution in [3.8, 4) is 5.75 Å². The van der Waals surface area contributed by atoms with Gasteiger partial charge in [0.05, 0.1) is 18.7 Å². The first kappa shape index (κ1) is 40.8. The van der Waals surface area contributed by atoms with Crippen LogP contribution >= 0.6 is 0 Å². The zero-order valence-corrected chi connectivity index (χ0v) is 31.6. The van der Waals surface area contributed by atoms with Crippen molar-refractivity contribution in [2.45, 2.75) is 91.3 Å². The van der Waals surface area contributed by atoms with Crippen molar-refractivity contribution in [2.24, 2.45) is 11.3 Å². The van der Waals surface area contributed by atoms with Crippen molar-refractivity contribution in [2.75, 3.05) is 33.3 Å². The summed E-state index contributed by atoms with van der Waals surface area (Å²) < 4.78 is 44.1. The summed E-state index contributed by atoms with van der Waals surface area (Å²) in [7, 11) is 1.44. The van der Waals surface area contributed by atoms with Gasteiger partial charge in [0, 0.05) is 32.1 Å². The molecule has 53 heavy (non-hydrogen) atoms. The van der Waals surface area contributed by atoms with Crippen LogP contribution in [-0.4, -0.2) is 108 Å². The number of nitrogens with one attached hydrogen (secondary N) is 2. The van der Waals surface area contributed by atoms with Gasteiger partial charge in [-0.2, -0.15) is 0 Å². The molecule has 290 valence electrons. The van der Waals surface area contributed by atoms with Crippen molar-refractivity contribution in [3.05, 3.63) is 65.7 Å². The second-order valence-electron chi connectivity index (χ2n) is 15.6. The number of carbonyl (C=O) groups is 5. The van der Waals surface area contributed by atoms with Crippen LogP contribution in [-0.2, 0) is 30.5 Å². The van der Waals surface area contributed by atoms with E-state index in [4.69, 9.17) is 14.2 Å². The molecule has 0 radical (unpaired) electrons. The lowest BCUT2D eigenvalue weighted by Gasteiger charge is -2.38. The average molecular weight is 744 g/mol. The highest BCUT2D eigenvalue weighted by molar-refractivity contribution is 5.92. The monoisotopic (exact) mass is 743 g/mol. The summed E-state index contributed by atoms with van der Waals surface area (Å²) in [6, 6.07) is 9.21. The van der Waals surface area contributed by atoms with Gasteiger partial charge in [0.1, 0.15) is 36.6 Å². The number of fused-ring (bicyclic) bond motifs is 1. The zero-order chi connectivity index (χ0) is 39.2. The van der Waals surface area contributed by atoms with Crippen LogP contribution in [0.2, 0.25) is 0 Å². The topological polar surface area (TPSA) is 147 Å². The van der Waals surface area contributed by atoms with Crippen LogP contribution in [0.25, 0.3) is 0 Å². The van der Waals surface area contributed by atoms with Gasteiger partial charge in [0.25, 0.3) is 0 Å². The SMILES string of the molecule is C[C@@H](C(=O)N[C@H](C(=O)N1CC[C@@H]2[C@H]1[C@@H](COc1ccc(F)c(F)c1)CN2C(=O)CNC(=O)OCc1ccccc1)C(C)(C)C)N(C)C(=O)OC(C)(C)C. The Hall–Kier alpha value is -4.95. The third-order valence-corrected chi connectivity index (χ3v) is 9.33. The molecular formula is C38H51F2N5O8. The number of amides is 5. The van der Waals surface area contributed by atoms with E-state index >= 15 is 0 Å². The number of alkyl carbamates (subject to hydrolysis) is 1. The van der Waals surface area contributed by atoms with Crippen LogP contribution < -0.4 is 15.4 Å². The molecule has 2 aliphatic heterocycles. The lowest BCUT2D eigenvalue weighted by atomic mass is 9.85. The number of rotatable bonds is 11. The molecule has 2 aromatic carbocycles. The molecule has 5 amide bonds. The van der Waals surface area contributed by atoms with E-state index in [0.29, 0.717) is 6.42 Å². The quantitative estimate of drug-likeness (QED) is 0.343. The Morgan fingerprint density at radius 1 is 0.962 bits per heavy atom. The number of ether oxygens (including phenoxy) is 3. The lowest BCUT2D eigenvalue weighted by molar-refractivity contribution is -0.142. The second-order valence-corrected chi connectivity index (χ2v) is 15.6. The molecule has 2 heterocycles. The number of halogens is 2. The van der Waals surface area contributed by atoms with E-state index in [-0.39, 0.29) is 44.5 Å². The fourth-order valence-electron chi connectivity index (χ4n) is 6.44. The highest BCUT2D eigenvalue weighted by atomic mass is 19.2. The molecule has 0 unspecified atom stereocenters. The predicted octanol–water partition coefficient (Wildman–Crippen LogP) is 4.48. The maximum atomic E-state index is 14.5. The van der Waals surface area contributed by atoms with Gasteiger partial charge < -0.3 is 34.6 Å². The molecule has 15 heteroatoms. The second kappa shape index (κ2) is 16.8. The van der Waals surface area contributed by atoms with Crippen molar-refractivity contribution in [1.29, 1.82) is 0 Å². The number of benzene rings is 2. The van der Waals surface area contributed by atoms with E-state index in [2.05, 4.69) is 10.6 Å². The molecule has 2 aliphatic rings. The summed E-state index contributed by atoms with van der Waals surface area (Å²) in [5.74, 6) is -3.86. The molecule has 0 aromatic heterocycles. The van der Waals surface area contributed by atoms with E-state index in [1.165, 1.54) is 20.0 Å². The smallest absolute Gasteiger partial charge is 0.410 e. The summed E-state index contributed by atoms with van der Waals surface area (Å²) in [5, 5.41) is 5.36. The van der Waals surface area contributed by atoms with Crippen molar-refractivity contribution in [1.82, 2.24) is 25.3 Å². The van der Waals surface area contributed by atoms with E-state index < -0.39 is 76.7 Å². The molecule has 13 nitrogen and oxygen atoms in total. The van der Waals surface area contributed by atoms with Crippen LogP contribution in [0.1, 0.15) is 60.5 Å². The highest BCUT2D eigenvalue weighted by Gasteiger charge is 2.53. The van der Waals surface area contributed by atoms with Crippen molar-refractivity contribution >= 4 is 29.9 Å². The fourth-order valence-corrected chi connectivity index (χ4v) is 6.44. The van der Waals surface area contributed by atoms with Crippen LogP contribution in [0.5, 0.6) is 5.75 Å². The van der Waals surface area contributed by atoms with Crippen molar-refractivity contribution in [3.63, 3.8) is 0 Å². The Kier molecular flexibility index (Phi) is 12.9. The summed E-state index contributed by atoms with van der Waals surface area (Å²) in [6.45, 7) is 12.1. The summed E-state index contributed by atoms with van der Waals surface area (Å²) in [5.41, 5.74) is -0.767. The standard InChI is InChI=1S/C38H51F2N5O8/c1-23(43(8)36(50)53-38(5,6)7)33(47)42-32(37(2,3)4)34(48)44-17-16-29-31(44)25(22-51-26-14-15-27(39)28(40)18-26)20-45(29)30(46)19-41-35(49)52-21-24-12-10-9-11-13-24/h9-15,18,23,25,29,31-32H,16-17,19-22H2,1-8H3,(H,41,49)(H,42,47)/t23-,25+,29+,31+,32+/m0/s1. The number of hydrogen-bond acceptors (Lipinski definition) is 8. The van der Waals surface area contributed by atoms with Gasteiger partial charge in [-0.3, -0.25) is 19.3 Å². The lowest BCUT2D eigenvalue weighted by Crippen LogP contribution is -2.60. The first-order valence-corrected chi connectivity index (χ1v) is 17.7. The summed E-state index contributed by atoms with van der Waals surface area (Å²) in [4.78, 5) is 71.1. The average Bonchev–Trinajstić information content (AvgIpc) is 3.68. The van der Waals surface area contributed by atoms with Gasteiger partial charge in [0.15, 0.2) is 11.6 Å². The summed E-state index contributed by atoms with van der Waals surface area (Å²) in [6.07, 6.45) is -1.06. The maximum Gasteiger partial charge on any atom is 0.410 e. The highest BCUT2D eigenvalue weighted by Crippen LogP contribution is 2.38. The minimum absolute atomic E-state index is 0.0251. The minimum Gasteiger partial charge on any atom is -0.493 e. The molecule has 5 atom stereocenters. The third kappa shape index (κ3) is 10.6. The van der Waals surface area contributed by atoms with Gasteiger partial charge in [-0.1, -0.05) is 51.1 Å². The first-order chi connectivity index (χ1) is 24.8. The van der Waals surface area contributed by atoms with Gasteiger partial charge in [-0.25, -0.2) is 18.4 Å². The molecule has 2 fully saturated rings. The Labute approximate surface area is 309 Å². The Morgan fingerprint density at radius 2 is 1.64 bits per heavy atom. The molecule has 0 saturated carbocycles. The molecule has 0 bridgehead atoms. The molecule has 2 saturated heterocycles. The van der Waals surface area contributed by atoms with Crippen molar-refractivity contribution < 1.29 is 47.0 Å². The Bertz CT molecular complexity index is 1650.